The van der Waals surface area contributed by atoms with Gasteiger partial charge in [0.25, 0.3) is 0 Å². The maximum absolute atomic E-state index is 5.37. The lowest BCUT2D eigenvalue weighted by molar-refractivity contribution is 0.143. The van der Waals surface area contributed by atoms with Gasteiger partial charge < -0.3 is 19.9 Å². The number of imidazole rings is 1. The van der Waals surface area contributed by atoms with Crippen molar-refractivity contribution in [3.05, 3.63) is 53.6 Å². The summed E-state index contributed by atoms with van der Waals surface area (Å²) in [5, 5.41) is 6.71. The number of halogens is 1. The molecule has 0 unspecified atom stereocenters. The van der Waals surface area contributed by atoms with Crippen LogP contribution >= 0.6 is 24.0 Å². The topological polar surface area (TPSA) is 63.5 Å². The summed E-state index contributed by atoms with van der Waals surface area (Å²) in [6.07, 6.45) is 5.99. The van der Waals surface area contributed by atoms with E-state index in [-0.39, 0.29) is 24.0 Å². The molecule has 0 saturated carbocycles. The van der Waals surface area contributed by atoms with Crippen LogP contribution in [0.15, 0.2) is 41.7 Å². The van der Waals surface area contributed by atoms with Crippen LogP contribution in [0.25, 0.3) is 0 Å². The Morgan fingerprint density at radius 2 is 2.00 bits per heavy atom. The number of rotatable bonds is 11. The Bertz CT molecular complexity index is 702. The summed E-state index contributed by atoms with van der Waals surface area (Å²) < 4.78 is 7.52. The fraction of sp³-hybridized carbons (Fsp3) is 0.524. The predicted molar refractivity (Wildman–Crippen MR) is 126 cm³/mol. The smallest absolute Gasteiger partial charge is 0.191 e. The number of aliphatic imine (C=N–C) groups is 1. The fourth-order valence-corrected chi connectivity index (χ4v) is 2.79. The number of nitrogens with zero attached hydrogens (tertiary/aromatic N) is 3. The second kappa shape index (κ2) is 14.4. The van der Waals surface area contributed by atoms with Crippen molar-refractivity contribution in [2.45, 2.75) is 46.7 Å². The first-order valence-electron chi connectivity index (χ1n) is 9.88. The highest BCUT2D eigenvalue weighted by molar-refractivity contribution is 14.0. The summed E-state index contributed by atoms with van der Waals surface area (Å²) in [5.41, 5.74) is 2.47. The zero-order valence-electron chi connectivity index (χ0n) is 17.3. The predicted octanol–water partition coefficient (Wildman–Crippen LogP) is 3.73. The molecular formula is C21H34IN5O. The fourth-order valence-electron chi connectivity index (χ4n) is 2.79. The largest absolute Gasteiger partial charge is 0.382 e. The molecule has 0 spiro atoms. The van der Waals surface area contributed by atoms with Crippen molar-refractivity contribution in [3.8, 4) is 0 Å². The maximum Gasteiger partial charge on any atom is 0.191 e. The SMILES string of the molecule is CCNC(=NCc1cccc(Cn2ccnc2C)c1)NCCCCOCC.I. The van der Waals surface area contributed by atoms with Gasteiger partial charge in [-0.05, 0) is 44.7 Å². The second-order valence-electron chi connectivity index (χ2n) is 6.45. The van der Waals surface area contributed by atoms with E-state index in [1.807, 2.05) is 26.2 Å². The average Bonchev–Trinajstić information content (AvgIpc) is 3.07. The highest BCUT2D eigenvalue weighted by Crippen LogP contribution is 2.09. The third kappa shape index (κ3) is 9.05. The van der Waals surface area contributed by atoms with Gasteiger partial charge in [-0.1, -0.05) is 24.3 Å². The second-order valence-corrected chi connectivity index (χ2v) is 6.45. The Labute approximate surface area is 186 Å². The van der Waals surface area contributed by atoms with Crippen molar-refractivity contribution in [3.63, 3.8) is 0 Å². The van der Waals surface area contributed by atoms with Gasteiger partial charge in [-0.15, -0.1) is 24.0 Å². The minimum Gasteiger partial charge on any atom is -0.382 e. The molecule has 0 fully saturated rings. The molecule has 0 atom stereocenters. The molecule has 0 aliphatic heterocycles. The van der Waals surface area contributed by atoms with E-state index in [0.29, 0.717) is 6.54 Å². The Morgan fingerprint density at radius 1 is 1.18 bits per heavy atom. The summed E-state index contributed by atoms with van der Waals surface area (Å²) in [6, 6.07) is 8.59. The molecule has 0 saturated heterocycles. The maximum atomic E-state index is 5.37. The van der Waals surface area contributed by atoms with E-state index in [4.69, 9.17) is 9.73 Å². The molecule has 7 heteroatoms. The van der Waals surface area contributed by atoms with E-state index in [1.54, 1.807) is 0 Å². The van der Waals surface area contributed by atoms with Crippen LogP contribution in [0, 0.1) is 6.92 Å². The van der Waals surface area contributed by atoms with Crippen LogP contribution in [-0.2, 0) is 17.8 Å². The summed E-state index contributed by atoms with van der Waals surface area (Å²) in [7, 11) is 0. The molecule has 0 aliphatic carbocycles. The van der Waals surface area contributed by atoms with E-state index in [0.717, 1.165) is 57.5 Å². The van der Waals surface area contributed by atoms with Crippen LogP contribution in [-0.4, -0.2) is 41.8 Å². The number of ether oxygens (including phenoxy) is 1. The molecule has 156 valence electrons. The van der Waals surface area contributed by atoms with Gasteiger partial charge in [0.05, 0.1) is 6.54 Å². The lowest BCUT2D eigenvalue weighted by atomic mass is 10.1. The summed E-state index contributed by atoms with van der Waals surface area (Å²) in [6.45, 7) is 11.0. The van der Waals surface area contributed by atoms with Gasteiger partial charge in [-0.3, -0.25) is 0 Å². The summed E-state index contributed by atoms with van der Waals surface area (Å²) >= 11 is 0. The Morgan fingerprint density at radius 3 is 2.71 bits per heavy atom. The zero-order valence-corrected chi connectivity index (χ0v) is 19.6. The monoisotopic (exact) mass is 499 g/mol. The van der Waals surface area contributed by atoms with E-state index in [9.17, 15) is 0 Å². The number of hydrogen-bond donors (Lipinski definition) is 2. The van der Waals surface area contributed by atoms with Gasteiger partial charge in [0.2, 0.25) is 0 Å². The highest BCUT2D eigenvalue weighted by atomic mass is 127. The molecule has 0 radical (unpaired) electrons. The van der Waals surface area contributed by atoms with Crippen LogP contribution in [0.3, 0.4) is 0 Å². The molecule has 1 aromatic heterocycles. The van der Waals surface area contributed by atoms with Crippen LogP contribution in [0.2, 0.25) is 0 Å². The number of unbranched alkanes of at least 4 members (excludes halogenated alkanes) is 1. The molecule has 2 N–H and O–H groups in total. The van der Waals surface area contributed by atoms with Gasteiger partial charge in [0, 0.05) is 45.2 Å². The van der Waals surface area contributed by atoms with Crippen LogP contribution < -0.4 is 10.6 Å². The first-order chi connectivity index (χ1) is 13.2. The van der Waals surface area contributed by atoms with Crippen molar-refractivity contribution in [2.75, 3.05) is 26.3 Å². The first kappa shape index (κ1) is 24.4. The third-order valence-corrected chi connectivity index (χ3v) is 4.24. The number of aryl methyl sites for hydroxylation is 1. The quantitative estimate of drug-likeness (QED) is 0.214. The molecule has 0 aliphatic rings. The van der Waals surface area contributed by atoms with Gasteiger partial charge in [0.1, 0.15) is 5.82 Å². The summed E-state index contributed by atoms with van der Waals surface area (Å²) in [4.78, 5) is 9.00. The van der Waals surface area contributed by atoms with Crippen LogP contribution in [0.5, 0.6) is 0 Å². The van der Waals surface area contributed by atoms with Crippen molar-refractivity contribution in [2.24, 2.45) is 4.99 Å². The molecule has 28 heavy (non-hydrogen) atoms. The van der Waals surface area contributed by atoms with E-state index < -0.39 is 0 Å². The van der Waals surface area contributed by atoms with Gasteiger partial charge >= 0.3 is 0 Å². The molecule has 6 nitrogen and oxygen atoms in total. The molecule has 2 rings (SSSR count). The van der Waals surface area contributed by atoms with Gasteiger partial charge in [-0.2, -0.15) is 0 Å². The van der Waals surface area contributed by atoms with E-state index in [2.05, 4.69) is 51.4 Å². The first-order valence-corrected chi connectivity index (χ1v) is 9.88. The molecular weight excluding hydrogens is 465 g/mol. The minimum absolute atomic E-state index is 0. The molecule has 0 bridgehead atoms. The lowest BCUT2D eigenvalue weighted by Crippen LogP contribution is -2.37. The Hall–Kier alpha value is -1.61. The van der Waals surface area contributed by atoms with E-state index in [1.165, 1.54) is 11.1 Å². The Kier molecular flexibility index (Phi) is 12.6. The minimum atomic E-state index is 0. The van der Waals surface area contributed by atoms with Crippen LogP contribution in [0.4, 0.5) is 0 Å². The van der Waals surface area contributed by atoms with Crippen molar-refractivity contribution in [1.82, 2.24) is 20.2 Å². The number of hydrogen-bond acceptors (Lipinski definition) is 3. The zero-order chi connectivity index (χ0) is 19.3. The molecule has 1 aromatic carbocycles. The van der Waals surface area contributed by atoms with Crippen molar-refractivity contribution < 1.29 is 4.74 Å². The van der Waals surface area contributed by atoms with E-state index >= 15 is 0 Å². The normalized spacial score (nSPS) is 11.2. The summed E-state index contributed by atoms with van der Waals surface area (Å²) in [5.74, 6) is 1.89. The van der Waals surface area contributed by atoms with Crippen molar-refractivity contribution >= 4 is 29.9 Å². The third-order valence-electron chi connectivity index (χ3n) is 4.24. The highest BCUT2D eigenvalue weighted by Gasteiger charge is 2.01. The number of aromatic nitrogens is 2. The van der Waals surface area contributed by atoms with Crippen LogP contribution in [0.1, 0.15) is 43.6 Å². The van der Waals surface area contributed by atoms with Gasteiger partial charge in [0.15, 0.2) is 5.96 Å². The lowest BCUT2D eigenvalue weighted by Gasteiger charge is -2.12. The number of benzene rings is 1. The number of nitrogens with one attached hydrogen (secondary N) is 2. The standard InChI is InChI=1S/C21H33N5O.HI/c1-4-22-21(24-11-6-7-14-27-5-2)25-16-19-9-8-10-20(15-19)17-26-13-12-23-18(26)3;/h8-10,12-13,15H,4-7,11,14,16-17H2,1-3H3,(H2,22,24,25);1H. The number of guanidine groups is 1. The molecule has 2 aromatic rings. The van der Waals surface area contributed by atoms with Crippen molar-refractivity contribution in [1.29, 1.82) is 0 Å². The van der Waals surface area contributed by atoms with Gasteiger partial charge in [-0.25, -0.2) is 9.98 Å². The Balaban J connectivity index is 0.00000392. The average molecular weight is 499 g/mol. The molecule has 1 heterocycles. The molecule has 0 amide bonds.